The topological polar surface area (TPSA) is 88.5 Å². The Kier molecular flexibility index (Phi) is 4.68. The second-order valence-electron chi connectivity index (χ2n) is 3.06. The lowest BCUT2D eigenvalue weighted by Crippen LogP contribution is -2.25. The first-order valence-electron chi connectivity index (χ1n) is 4.84. The van der Waals surface area contributed by atoms with Gasteiger partial charge in [0.15, 0.2) is 5.69 Å². The average Bonchev–Trinajstić information content (AvgIpc) is 2.34. The van der Waals surface area contributed by atoms with E-state index in [1.807, 2.05) is 0 Å². The van der Waals surface area contributed by atoms with Crippen molar-refractivity contribution in [3.63, 3.8) is 0 Å². The Hall–Kier alpha value is -2.37. The van der Waals surface area contributed by atoms with Crippen LogP contribution in [0.2, 0.25) is 0 Å². The highest BCUT2D eigenvalue weighted by Crippen LogP contribution is 2.04. The van der Waals surface area contributed by atoms with Gasteiger partial charge < -0.3 is 15.2 Å². The van der Waals surface area contributed by atoms with Gasteiger partial charge in [0.2, 0.25) is 0 Å². The Balaban J connectivity index is 2.60. The minimum atomic E-state index is -1.14. The Morgan fingerprint density at radius 2 is 2.35 bits per heavy atom. The molecule has 0 unspecified atom stereocenters. The van der Waals surface area contributed by atoms with Crippen LogP contribution in [0.4, 0.5) is 4.79 Å². The summed E-state index contributed by atoms with van der Waals surface area (Å²) in [5.41, 5.74) is 0.326. The van der Waals surface area contributed by atoms with Crippen molar-refractivity contribution >= 4 is 12.1 Å². The van der Waals surface area contributed by atoms with E-state index in [2.05, 4.69) is 21.6 Å². The van der Waals surface area contributed by atoms with Crippen molar-refractivity contribution in [2.24, 2.45) is 0 Å². The molecule has 0 aliphatic rings. The van der Waals surface area contributed by atoms with E-state index in [1.165, 1.54) is 12.3 Å². The smallest absolute Gasteiger partial charge is 0.407 e. The minimum absolute atomic E-state index is 0.0471. The number of hydrogen-bond acceptors (Lipinski definition) is 4. The normalized spacial score (nSPS) is 9.41. The third kappa shape index (κ3) is 3.94. The maximum atomic E-state index is 11.1. The van der Waals surface area contributed by atoms with E-state index in [9.17, 15) is 9.59 Å². The van der Waals surface area contributed by atoms with Gasteiger partial charge in [-0.2, -0.15) is 0 Å². The molecule has 1 aromatic heterocycles. The van der Waals surface area contributed by atoms with Gasteiger partial charge in [0, 0.05) is 18.3 Å². The second kappa shape index (κ2) is 6.26. The van der Waals surface area contributed by atoms with E-state index in [1.54, 1.807) is 12.1 Å². The number of nitrogens with one attached hydrogen (secondary N) is 1. The van der Waals surface area contributed by atoms with Crippen molar-refractivity contribution in [3.8, 4) is 0 Å². The van der Waals surface area contributed by atoms with Gasteiger partial charge in [-0.25, -0.2) is 14.6 Å². The fourth-order valence-electron chi connectivity index (χ4n) is 1.13. The van der Waals surface area contributed by atoms with Gasteiger partial charge in [-0.05, 0) is 6.07 Å². The third-order valence-electron chi connectivity index (χ3n) is 1.85. The van der Waals surface area contributed by atoms with Gasteiger partial charge in [-0.1, -0.05) is 18.7 Å². The summed E-state index contributed by atoms with van der Waals surface area (Å²) >= 11 is 0. The van der Waals surface area contributed by atoms with E-state index in [0.717, 1.165) is 0 Å². The van der Waals surface area contributed by atoms with Crippen LogP contribution in [-0.4, -0.2) is 28.8 Å². The molecule has 0 aliphatic heterocycles. The number of rotatable bonds is 5. The number of hydrogen-bond donors (Lipinski definition) is 2. The number of ether oxygens (including phenoxy) is 1. The zero-order valence-electron chi connectivity index (χ0n) is 9.05. The Morgan fingerprint density at radius 3 is 3.00 bits per heavy atom. The van der Waals surface area contributed by atoms with Crippen LogP contribution in [0.5, 0.6) is 0 Å². The minimum Gasteiger partial charge on any atom is -0.477 e. The molecule has 0 saturated carbocycles. The van der Waals surface area contributed by atoms with Crippen LogP contribution >= 0.6 is 0 Å². The molecule has 1 rings (SSSR count). The molecule has 0 aromatic carbocycles. The zero-order valence-corrected chi connectivity index (χ0v) is 9.05. The highest BCUT2D eigenvalue weighted by Gasteiger charge is 2.11. The second-order valence-corrected chi connectivity index (χ2v) is 3.06. The Labute approximate surface area is 97.9 Å². The van der Waals surface area contributed by atoms with Gasteiger partial charge >= 0.3 is 12.1 Å². The van der Waals surface area contributed by atoms with Crippen LogP contribution in [-0.2, 0) is 11.3 Å². The van der Waals surface area contributed by atoms with Crippen LogP contribution in [0.3, 0.4) is 0 Å². The first kappa shape index (κ1) is 12.7. The zero-order chi connectivity index (χ0) is 12.7. The summed E-state index contributed by atoms with van der Waals surface area (Å²) in [6.07, 6.45) is 2.18. The number of pyridine rings is 1. The largest absolute Gasteiger partial charge is 0.477 e. The van der Waals surface area contributed by atoms with E-state index in [-0.39, 0.29) is 18.8 Å². The van der Waals surface area contributed by atoms with E-state index in [4.69, 9.17) is 5.11 Å². The SMILES string of the molecule is C=CCOC(=O)NCc1cccnc1C(=O)O. The fraction of sp³-hybridized carbons (Fsp3) is 0.182. The number of carbonyl (C=O) groups is 2. The number of aromatic carboxylic acids is 1. The van der Waals surface area contributed by atoms with Crippen LogP contribution in [0.15, 0.2) is 31.0 Å². The highest BCUT2D eigenvalue weighted by molar-refractivity contribution is 5.87. The van der Waals surface area contributed by atoms with Crippen molar-refractivity contribution in [1.82, 2.24) is 10.3 Å². The van der Waals surface area contributed by atoms with Gasteiger partial charge in [0.25, 0.3) is 0 Å². The molecule has 1 heterocycles. The van der Waals surface area contributed by atoms with Gasteiger partial charge in [0.1, 0.15) is 6.61 Å². The van der Waals surface area contributed by atoms with Crippen molar-refractivity contribution in [1.29, 1.82) is 0 Å². The van der Waals surface area contributed by atoms with Crippen LogP contribution in [0.25, 0.3) is 0 Å². The molecule has 1 aromatic rings. The lowest BCUT2D eigenvalue weighted by atomic mass is 10.2. The first-order chi connectivity index (χ1) is 8.15. The lowest BCUT2D eigenvalue weighted by molar-refractivity contribution is 0.0688. The maximum absolute atomic E-state index is 11.1. The van der Waals surface area contributed by atoms with E-state index in [0.29, 0.717) is 5.56 Å². The Bertz CT molecular complexity index is 431. The van der Waals surface area contributed by atoms with Crippen molar-refractivity contribution in [3.05, 3.63) is 42.2 Å². The summed E-state index contributed by atoms with van der Waals surface area (Å²) in [6, 6.07) is 3.17. The van der Waals surface area contributed by atoms with Crippen molar-refractivity contribution in [2.45, 2.75) is 6.54 Å². The number of alkyl carbamates (subject to hydrolysis) is 1. The number of nitrogens with zero attached hydrogens (tertiary/aromatic N) is 1. The predicted molar refractivity (Wildman–Crippen MR) is 59.6 cm³/mol. The molecule has 0 saturated heterocycles. The van der Waals surface area contributed by atoms with Crippen LogP contribution in [0.1, 0.15) is 16.1 Å². The molecule has 0 spiro atoms. The van der Waals surface area contributed by atoms with Gasteiger partial charge in [0.05, 0.1) is 0 Å². The quantitative estimate of drug-likeness (QED) is 0.750. The van der Waals surface area contributed by atoms with Crippen LogP contribution < -0.4 is 5.32 Å². The molecule has 17 heavy (non-hydrogen) atoms. The molecule has 0 fully saturated rings. The molecule has 1 amide bonds. The summed E-state index contributed by atoms with van der Waals surface area (Å²) in [5.74, 6) is -1.14. The molecule has 0 radical (unpaired) electrons. The molecule has 90 valence electrons. The van der Waals surface area contributed by atoms with Gasteiger partial charge in [-0.15, -0.1) is 0 Å². The van der Waals surface area contributed by atoms with Crippen molar-refractivity contribution < 1.29 is 19.4 Å². The number of amides is 1. The van der Waals surface area contributed by atoms with E-state index >= 15 is 0 Å². The number of carboxylic acids is 1. The standard InChI is InChI=1S/C11H12N2O4/c1-2-6-17-11(16)13-7-8-4-3-5-12-9(8)10(14)15/h2-5H,1,6-7H2,(H,13,16)(H,14,15). The molecule has 0 aliphatic carbocycles. The average molecular weight is 236 g/mol. The van der Waals surface area contributed by atoms with Crippen LogP contribution in [0, 0.1) is 0 Å². The van der Waals surface area contributed by atoms with Crippen molar-refractivity contribution in [2.75, 3.05) is 6.61 Å². The molecule has 2 N–H and O–H groups in total. The summed E-state index contributed by atoms with van der Waals surface area (Å²) in [5, 5.41) is 11.3. The summed E-state index contributed by atoms with van der Waals surface area (Å²) in [4.78, 5) is 25.6. The molecular weight excluding hydrogens is 224 g/mol. The van der Waals surface area contributed by atoms with E-state index < -0.39 is 12.1 Å². The number of aromatic nitrogens is 1. The fourth-order valence-corrected chi connectivity index (χ4v) is 1.13. The molecule has 0 atom stereocenters. The predicted octanol–water partition coefficient (Wildman–Crippen LogP) is 1.19. The molecule has 6 heteroatoms. The summed E-state index contributed by atoms with van der Waals surface area (Å²) in [7, 11) is 0. The molecule has 0 bridgehead atoms. The monoisotopic (exact) mass is 236 g/mol. The molecular formula is C11H12N2O4. The maximum Gasteiger partial charge on any atom is 0.407 e. The molecule has 6 nitrogen and oxygen atoms in total. The summed E-state index contributed by atoms with van der Waals surface area (Å²) in [6.45, 7) is 3.54. The third-order valence-corrected chi connectivity index (χ3v) is 1.85. The number of carbonyl (C=O) groups excluding carboxylic acids is 1. The lowest BCUT2D eigenvalue weighted by Gasteiger charge is -2.06. The first-order valence-corrected chi connectivity index (χ1v) is 4.84. The number of carboxylic acid groups (broad SMARTS) is 1. The Morgan fingerprint density at radius 1 is 1.59 bits per heavy atom. The highest BCUT2D eigenvalue weighted by atomic mass is 16.5. The van der Waals surface area contributed by atoms with Gasteiger partial charge in [-0.3, -0.25) is 0 Å². The summed E-state index contributed by atoms with van der Waals surface area (Å²) < 4.78 is 4.68.